The Bertz CT molecular complexity index is 1220. The standard InChI is InChI=1S/C27H29FN4O3/c1-3-20-11-21(5-6-22(20)14-32-9-8-23(15-32)27(33)34)18(2)31-35-16-19-4-7-25(26(28)10-19)24-12-29-17-30-13-24/h4-7,10-13,17,23H,3,8-9,14-16H2,1-2H3,(H,33,34)/b31-18+/t23-/m0/s1. The van der Waals surface area contributed by atoms with E-state index in [0.717, 1.165) is 30.8 Å². The number of likely N-dealkylation sites (tertiary alicyclic amines) is 1. The van der Waals surface area contributed by atoms with Gasteiger partial charge in [0.1, 0.15) is 18.8 Å². The number of carboxylic acid groups (broad SMARTS) is 1. The zero-order valence-electron chi connectivity index (χ0n) is 19.9. The molecule has 0 radical (unpaired) electrons. The lowest BCUT2D eigenvalue weighted by atomic mass is 9.99. The topological polar surface area (TPSA) is 87.9 Å². The molecule has 1 aliphatic heterocycles. The molecule has 35 heavy (non-hydrogen) atoms. The van der Waals surface area contributed by atoms with E-state index in [1.165, 1.54) is 23.5 Å². The van der Waals surface area contributed by atoms with Gasteiger partial charge >= 0.3 is 5.97 Å². The lowest BCUT2D eigenvalue weighted by molar-refractivity contribution is -0.141. The van der Waals surface area contributed by atoms with Gasteiger partial charge in [0, 0.05) is 36.6 Å². The number of rotatable bonds is 9. The van der Waals surface area contributed by atoms with E-state index in [-0.39, 0.29) is 18.3 Å². The van der Waals surface area contributed by atoms with Crippen LogP contribution in [-0.4, -0.2) is 44.7 Å². The third kappa shape index (κ3) is 6.08. The minimum Gasteiger partial charge on any atom is -0.481 e. The molecule has 0 amide bonds. The van der Waals surface area contributed by atoms with Crippen molar-refractivity contribution < 1.29 is 19.1 Å². The van der Waals surface area contributed by atoms with E-state index >= 15 is 0 Å². The zero-order chi connectivity index (χ0) is 24.8. The summed E-state index contributed by atoms with van der Waals surface area (Å²) in [4.78, 5) is 26.8. The summed E-state index contributed by atoms with van der Waals surface area (Å²) in [5.74, 6) is -1.35. The summed E-state index contributed by atoms with van der Waals surface area (Å²) in [7, 11) is 0. The summed E-state index contributed by atoms with van der Waals surface area (Å²) in [6, 6.07) is 11.1. The van der Waals surface area contributed by atoms with Crippen molar-refractivity contribution in [2.75, 3.05) is 13.1 Å². The highest BCUT2D eigenvalue weighted by atomic mass is 19.1. The van der Waals surface area contributed by atoms with E-state index in [2.05, 4.69) is 39.1 Å². The van der Waals surface area contributed by atoms with Crippen LogP contribution >= 0.6 is 0 Å². The van der Waals surface area contributed by atoms with E-state index in [9.17, 15) is 14.3 Å². The molecule has 0 aliphatic carbocycles. The van der Waals surface area contributed by atoms with Crippen molar-refractivity contribution in [2.45, 2.75) is 39.8 Å². The van der Waals surface area contributed by atoms with Gasteiger partial charge in [-0.25, -0.2) is 14.4 Å². The maximum atomic E-state index is 14.5. The van der Waals surface area contributed by atoms with Gasteiger partial charge in [-0.2, -0.15) is 0 Å². The van der Waals surface area contributed by atoms with Crippen molar-refractivity contribution in [1.82, 2.24) is 14.9 Å². The van der Waals surface area contributed by atoms with Gasteiger partial charge in [0.2, 0.25) is 0 Å². The van der Waals surface area contributed by atoms with Gasteiger partial charge in [0.25, 0.3) is 0 Å². The molecule has 0 bridgehead atoms. The molecule has 1 aliphatic rings. The predicted octanol–water partition coefficient (Wildman–Crippen LogP) is 4.69. The molecular formula is C27H29FN4O3. The minimum absolute atomic E-state index is 0.151. The maximum absolute atomic E-state index is 14.5. The van der Waals surface area contributed by atoms with Crippen molar-refractivity contribution in [3.8, 4) is 11.1 Å². The van der Waals surface area contributed by atoms with Crippen LogP contribution in [0.3, 0.4) is 0 Å². The van der Waals surface area contributed by atoms with E-state index in [1.807, 2.05) is 13.0 Å². The van der Waals surface area contributed by atoms with Gasteiger partial charge in [0.05, 0.1) is 11.6 Å². The second-order valence-electron chi connectivity index (χ2n) is 8.79. The highest BCUT2D eigenvalue weighted by molar-refractivity contribution is 5.98. The van der Waals surface area contributed by atoms with Gasteiger partial charge < -0.3 is 9.94 Å². The molecule has 1 atom stereocenters. The first-order chi connectivity index (χ1) is 16.9. The summed E-state index contributed by atoms with van der Waals surface area (Å²) >= 11 is 0. The number of halogens is 1. The second-order valence-corrected chi connectivity index (χ2v) is 8.79. The van der Waals surface area contributed by atoms with E-state index in [1.54, 1.807) is 24.5 Å². The first-order valence-corrected chi connectivity index (χ1v) is 11.7. The number of aromatic nitrogens is 2. The average Bonchev–Trinajstić information content (AvgIpc) is 3.34. The fraction of sp³-hybridized carbons (Fsp3) is 0.333. The van der Waals surface area contributed by atoms with Crippen LogP contribution in [0.2, 0.25) is 0 Å². The lowest BCUT2D eigenvalue weighted by Crippen LogP contribution is -2.23. The minimum atomic E-state index is -0.713. The maximum Gasteiger partial charge on any atom is 0.307 e. The van der Waals surface area contributed by atoms with Crippen molar-refractivity contribution in [3.63, 3.8) is 0 Å². The largest absolute Gasteiger partial charge is 0.481 e. The smallest absolute Gasteiger partial charge is 0.307 e. The number of hydrogen-bond acceptors (Lipinski definition) is 6. The molecule has 3 aromatic rings. The second kappa shape index (κ2) is 11.2. The fourth-order valence-electron chi connectivity index (χ4n) is 4.33. The Morgan fingerprint density at radius 3 is 2.69 bits per heavy atom. The Labute approximate surface area is 204 Å². The first kappa shape index (κ1) is 24.5. The summed E-state index contributed by atoms with van der Waals surface area (Å²) < 4.78 is 14.5. The van der Waals surface area contributed by atoms with Crippen LogP contribution < -0.4 is 0 Å². The molecule has 0 saturated carbocycles. The van der Waals surface area contributed by atoms with Crippen LogP contribution in [0.15, 0.2) is 60.3 Å². The van der Waals surface area contributed by atoms with Crippen molar-refractivity contribution in [3.05, 3.63) is 83.2 Å². The molecule has 7 nitrogen and oxygen atoms in total. The lowest BCUT2D eigenvalue weighted by Gasteiger charge is -2.18. The van der Waals surface area contributed by atoms with Crippen molar-refractivity contribution in [1.29, 1.82) is 0 Å². The number of nitrogens with zero attached hydrogens (tertiary/aromatic N) is 4. The Balaban J connectivity index is 1.38. The third-order valence-electron chi connectivity index (χ3n) is 6.36. The third-order valence-corrected chi connectivity index (χ3v) is 6.36. The van der Waals surface area contributed by atoms with Crippen molar-refractivity contribution in [2.24, 2.45) is 11.1 Å². The number of oxime groups is 1. The predicted molar refractivity (Wildman–Crippen MR) is 131 cm³/mol. The van der Waals surface area contributed by atoms with E-state index in [4.69, 9.17) is 4.84 Å². The summed E-state index contributed by atoms with van der Waals surface area (Å²) in [5, 5.41) is 13.5. The number of benzene rings is 2. The SMILES string of the molecule is CCc1cc(/C(C)=N/OCc2ccc(-c3cncnc3)c(F)c2)ccc1CN1CC[C@H](C(=O)O)C1. The Hall–Kier alpha value is -3.65. The van der Waals surface area contributed by atoms with Gasteiger partial charge in [-0.05, 0) is 60.7 Å². The van der Waals surface area contributed by atoms with Gasteiger partial charge in [-0.3, -0.25) is 9.69 Å². The molecular weight excluding hydrogens is 447 g/mol. The van der Waals surface area contributed by atoms with Crippen LogP contribution in [0.25, 0.3) is 11.1 Å². The van der Waals surface area contributed by atoms with Crippen LogP contribution in [0, 0.1) is 11.7 Å². The average molecular weight is 477 g/mol. The van der Waals surface area contributed by atoms with Crippen LogP contribution in [0.5, 0.6) is 0 Å². The van der Waals surface area contributed by atoms with Crippen LogP contribution in [0.4, 0.5) is 4.39 Å². The Morgan fingerprint density at radius 1 is 1.20 bits per heavy atom. The summed E-state index contributed by atoms with van der Waals surface area (Å²) in [6.45, 7) is 6.28. The number of carbonyl (C=O) groups is 1. The van der Waals surface area contributed by atoms with Gasteiger partial charge in [-0.1, -0.05) is 36.3 Å². The summed E-state index contributed by atoms with van der Waals surface area (Å²) in [5.41, 5.74) is 5.84. The quantitative estimate of drug-likeness (QED) is 0.356. The number of aryl methyl sites for hydroxylation is 1. The molecule has 1 saturated heterocycles. The summed E-state index contributed by atoms with van der Waals surface area (Å²) in [6.07, 6.45) is 6.12. The molecule has 182 valence electrons. The molecule has 2 heterocycles. The van der Waals surface area contributed by atoms with Crippen molar-refractivity contribution >= 4 is 11.7 Å². The molecule has 1 aromatic heterocycles. The molecule has 1 N–H and O–H groups in total. The monoisotopic (exact) mass is 476 g/mol. The fourth-order valence-corrected chi connectivity index (χ4v) is 4.33. The normalized spacial score (nSPS) is 16.4. The highest BCUT2D eigenvalue weighted by Gasteiger charge is 2.28. The molecule has 2 aromatic carbocycles. The Kier molecular flexibility index (Phi) is 7.82. The molecule has 1 fully saturated rings. The zero-order valence-corrected chi connectivity index (χ0v) is 19.9. The van der Waals surface area contributed by atoms with Crippen LogP contribution in [0.1, 0.15) is 42.5 Å². The van der Waals surface area contributed by atoms with Crippen LogP contribution in [-0.2, 0) is 29.2 Å². The number of hydrogen-bond donors (Lipinski definition) is 1. The molecule has 4 rings (SSSR count). The highest BCUT2D eigenvalue weighted by Crippen LogP contribution is 2.23. The molecule has 0 unspecified atom stereocenters. The van der Waals surface area contributed by atoms with E-state index < -0.39 is 5.97 Å². The molecule has 8 heteroatoms. The Morgan fingerprint density at radius 2 is 2.00 bits per heavy atom. The van der Waals surface area contributed by atoms with Gasteiger partial charge in [-0.15, -0.1) is 0 Å². The van der Waals surface area contributed by atoms with Gasteiger partial charge in [0.15, 0.2) is 0 Å². The number of carboxylic acids is 1. The van der Waals surface area contributed by atoms with E-state index in [0.29, 0.717) is 29.7 Å². The number of aliphatic carboxylic acids is 1. The first-order valence-electron chi connectivity index (χ1n) is 11.7. The molecule has 0 spiro atoms.